The van der Waals surface area contributed by atoms with Gasteiger partial charge in [0.15, 0.2) is 5.13 Å². The van der Waals surface area contributed by atoms with Crippen LogP contribution in [0.1, 0.15) is 30.6 Å². The monoisotopic (exact) mass is 430 g/mol. The van der Waals surface area contributed by atoms with Crippen molar-refractivity contribution in [2.24, 2.45) is 0 Å². The van der Waals surface area contributed by atoms with Crippen molar-refractivity contribution >= 4 is 26.7 Å². The Morgan fingerprint density at radius 1 is 0.903 bits per heavy atom. The summed E-state index contributed by atoms with van der Waals surface area (Å²) in [5, 5.41) is 1.09. The quantitative estimate of drug-likeness (QED) is 0.346. The highest BCUT2D eigenvalue weighted by Crippen LogP contribution is 2.31. The maximum absolute atomic E-state index is 4.87. The number of hydrogen-bond acceptors (Lipinski definition) is 7. The molecule has 0 bridgehead atoms. The Morgan fingerprint density at radius 2 is 1.65 bits per heavy atom. The van der Waals surface area contributed by atoms with Gasteiger partial charge in [-0.25, -0.2) is 15.8 Å². The normalized spacial score (nSPS) is 14.4. The summed E-state index contributed by atoms with van der Waals surface area (Å²) < 4.78 is 1.24. The van der Waals surface area contributed by atoms with Crippen LogP contribution in [0.5, 0.6) is 0 Å². The van der Waals surface area contributed by atoms with E-state index >= 15 is 0 Å². The number of anilines is 1. The maximum Gasteiger partial charge on any atom is 0.186 e. The zero-order valence-electron chi connectivity index (χ0n) is 17.4. The van der Waals surface area contributed by atoms with Gasteiger partial charge in [-0.3, -0.25) is 0 Å². The van der Waals surface area contributed by atoms with Crippen LogP contribution in [-0.4, -0.2) is 11.5 Å². The van der Waals surface area contributed by atoms with E-state index in [-0.39, 0.29) is 6.17 Å². The van der Waals surface area contributed by atoms with Crippen molar-refractivity contribution in [3.8, 4) is 11.1 Å². The highest BCUT2D eigenvalue weighted by molar-refractivity contribution is 7.22. The molecule has 1 aliphatic heterocycles. The molecular weight excluding hydrogens is 404 g/mol. The van der Waals surface area contributed by atoms with Crippen molar-refractivity contribution in [3.63, 3.8) is 0 Å². The summed E-state index contributed by atoms with van der Waals surface area (Å²) in [5.41, 5.74) is 18.1. The third kappa shape index (κ3) is 4.32. The van der Waals surface area contributed by atoms with Crippen LogP contribution in [0.2, 0.25) is 0 Å². The van der Waals surface area contributed by atoms with Gasteiger partial charge >= 0.3 is 0 Å². The lowest BCUT2D eigenvalue weighted by Crippen LogP contribution is -2.33. The molecule has 158 valence electrons. The van der Waals surface area contributed by atoms with Gasteiger partial charge in [0, 0.05) is 13.1 Å². The highest BCUT2D eigenvalue weighted by Gasteiger charge is 2.18. The average Bonchev–Trinajstić information content (AvgIpc) is 3.49. The van der Waals surface area contributed by atoms with Gasteiger partial charge < -0.3 is 4.90 Å². The molecule has 7 heteroatoms. The molecule has 0 atom stereocenters. The largest absolute Gasteiger partial charge is 0.344 e. The first-order valence-electron chi connectivity index (χ1n) is 10.6. The molecule has 0 unspecified atom stereocenters. The van der Waals surface area contributed by atoms with Gasteiger partial charge in [-0.15, -0.1) is 0 Å². The summed E-state index contributed by atoms with van der Waals surface area (Å²) in [5.74, 6) is 0. The molecule has 1 aliphatic rings. The van der Waals surface area contributed by atoms with E-state index in [1.165, 1.54) is 27.0 Å². The van der Waals surface area contributed by atoms with Gasteiger partial charge in [-0.05, 0) is 40.8 Å². The van der Waals surface area contributed by atoms with Crippen LogP contribution in [-0.2, 0) is 6.54 Å². The van der Waals surface area contributed by atoms with E-state index in [4.69, 9.17) is 4.98 Å². The third-order valence-corrected chi connectivity index (χ3v) is 6.55. The topological polar surface area (TPSA) is 64.2 Å². The number of nitrogens with zero attached hydrogens (tertiary/aromatic N) is 2. The third-order valence-electron chi connectivity index (χ3n) is 5.45. The number of para-hydroxylation sites is 1. The molecule has 31 heavy (non-hydrogen) atoms. The van der Waals surface area contributed by atoms with Gasteiger partial charge in [0.2, 0.25) is 0 Å². The predicted molar refractivity (Wildman–Crippen MR) is 128 cm³/mol. The first-order valence-corrected chi connectivity index (χ1v) is 11.4. The van der Waals surface area contributed by atoms with Crippen LogP contribution in [0.25, 0.3) is 21.3 Å². The minimum atomic E-state index is 0.00922. The van der Waals surface area contributed by atoms with E-state index in [2.05, 4.69) is 107 Å². The lowest BCUT2D eigenvalue weighted by molar-refractivity contribution is 0.556. The van der Waals surface area contributed by atoms with Crippen molar-refractivity contribution in [1.82, 2.24) is 26.9 Å². The lowest BCUT2D eigenvalue weighted by atomic mass is 9.97. The van der Waals surface area contributed by atoms with Crippen molar-refractivity contribution < 1.29 is 0 Å². The summed E-state index contributed by atoms with van der Waals surface area (Å²) >= 11 is 1.77. The summed E-state index contributed by atoms with van der Waals surface area (Å²) in [7, 11) is 0. The number of thiazole rings is 1. The Morgan fingerprint density at radius 3 is 2.42 bits per heavy atom. The second kappa shape index (κ2) is 9.13. The van der Waals surface area contributed by atoms with E-state index in [1.54, 1.807) is 11.3 Å². The molecule has 4 aromatic rings. The van der Waals surface area contributed by atoms with E-state index in [0.717, 1.165) is 30.2 Å². The molecule has 1 aromatic heterocycles. The fourth-order valence-electron chi connectivity index (χ4n) is 3.94. The van der Waals surface area contributed by atoms with Crippen LogP contribution < -0.4 is 26.8 Å². The van der Waals surface area contributed by atoms with Crippen LogP contribution in [0.15, 0.2) is 72.8 Å². The molecule has 1 fully saturated rings. The van der Waals surface area contributed by atoms with Gasteiger partial charge in [0.1, 0.15) is 6.17 Å². The second-order valence-corrected chi connectivity index (χ2v) is 8.65. The molecule has 1 saturated heterocycles. The Balaban J connectivity index is 1.38. The number of nitrogens with one attached hydrogen (secondary N) is 4. The van der Waals surface area contributed by atoms with Crippen LogP contribution in [0, 0.1) is 0 Å². The van der Waals surface area contributed by atoms with Crippen molar-refractivity contribution in [1.29, 1.82) is 0 Å². The molecule has 0 spiro atoms. The van der Waals surface area contributed by atoms with Crippen molar-refractivity contribution in [2.45, 2.75) is 26.1 Å². The minimum absolute atomic E-state index is 0.00922. The molecule has 0 amide bonds. The average molecular weight is 431 g/mol. The molecule has 6 nitrogen and oxygen atoms in total. The first kappa shape index (κ1) is 20.1. The molecule has 0 radical (unpaired) electrons. The number of hydrogen-bond donors (Lipinski definition) is 4. The van der Waals surface area contributed by atoms with Crippen LogP contribution in [0.3, 0.4) is 0 Å². The summed E-state index contributed by atoms with van der Waals surface area (Å²) in [6.45, 7) is 4.06. The number of hydrazine groups is 3. The summed E-state index contributed by atoms with van der Waals surface area (Å²) in [4.78, 5) is 7.25. The molecular formula is C24H26N6S. The maximum atomic E-state index is 4.87. The number of rotatable bonds is 7. The van der Waals surface area contributed by atoms with Gasteiger partial charge in [0.25, 0.3) is 0 Å². The molecule has 0 saturated carbocycles. The van der Waals surface area contributed by atoms with E-state index in [0.29, 0.717) is 0 Å². The lowest BCUT2D eigenvalue weighted by Gasteiger charge is -2.21. The van der Waals surface area contributed by atoms with Crippen LogP contribution in [0.4, 0.5) is 5.13 Å². The van der Waals surface area contributed by atoms with E-state index in [9.17, 15) is 0 Å². The Bertz CT molecular complexity index is 1120. The fraction of sp³-hybridized carbons (Fsp3) is 0.208. The van der Waals surface area contributed by atoms with Crippen LogP contribution >= 0.6 is 11.3 Å². The Labute approximate surface area is 186 Å². The number of fused-ring (bicyclic) bond motifs is 1. The summed E-state index contributed by atoms with van der Waals surface area (Å²) in [6, 6.07) is 25.7. The highest BCUT2D eigenvalue weighted by atomic mass is 32.1. The standard InChI is InChI=1S/C24H26N6S/c1-2-15-30(24-25-21-9-5-6-10-22(21)31-24)16-17-11-13-18(14-12-17)19-7-3-4-8-20(19)23-26-28-29-27-23/h3-14,23,26-29H,2,15-16H2,1H3. The van der Waals surface area contributed by atoms with Gasteiger partial charge in [0.05, 0.1) is 10.2 Å². The van der Waals surface area contributed by atoms with Crippen molar-refractivity contribution in [2.75, 3.05) is 11.4 Å². The second-order valence-electron chi connectivity index (χ2n) is 7.64. The van der Waals surface area contributed by atoms with Gasteiger partial charge in [-0.2, -0.15) is 11.1 Å². The van der Waals surface area contributed by atoms with Gasteiger partial charge in [-0.1, -0.05) is 78.9 Å². The number of benzene rings is 3. The zero-order chi connectivity index (χ0) is 21.0. The molecule has 3 aromatic carbocycles. The number of aromatic nitrogens is 1. The molecule has 0 aliphatic carbocycles. The smallest absolute Gasteiger partial charge is 0.186 e. The molecule has 4 N–H and O–H groups in total. The summed E-state index contributed by atoms with van der Waals surface area (Å²) in [6.07, 6.45) is 1.10. The van der Waals surface area contributed by atoms with Crippen molar-refractivity contribution in [3.05, 3.63) is 83.9 Å². The van der Waals surface area contributed by atoms with E-state index in [1.807, 2.05) is 0 Å². The predicted octanol–water partition coefficient (Wildman–Crippen LogP) is 4.50. The Kier molecular flexibility index (Phi) is 5.93. The molecule has 2 heterocycles. The Hall–Kier alpha value is -2.81. The first-order chi connectivity index (χ1) is 15.3. The van der Waals surface area contributed by atoms with E-state index < -0.39 is 0 Å². The molecule has 5 rings (SSSR count). The SMILES string of the molecule is CCCN(Cc1ccc(-c2ccccc2C2NNNN2)cc1)c1nc2ccccc2s1. The fourth-order valence-corrected chi connectivity index (χ4v) is 4.93. The zero-order valence-corrected chi connectivity index (χ0v) is 18.2. The minimum Gasteiger partial charge on any atom is -0.344 e.